The van der Waals surface area contributed by atoms with Crippen molar-refractivity contribution in [3.05, 3.63) is 64.7 Å². The first-order valence-electron chi connectivity index (χ1n) is 9.94. The number of hydrogen-bond donors (Lipinski definition) is 0. The van der Waals surface area contributed by atoms with Gasteiger partial charge in [-0.25, -0.2) is 8.42 Å². The minimum absolute atomic E-state index is 0.0148. The minimum Gasteiger partial charge on any atom is -0.481 e. The van der Waals surface area contributed by atoms with Gasteiger partial charge in [0.2, 0.25) is 0 Å². The first kappa shape index (κ1) is 21.4. The van der Waals surface area contributed by atoms with E-state index in [9.17, 15) is 13.2 Å². The number of aryl methyl sites for hydroxylation is 3. The number of rotatable bonds is 6. The summed E-state index contributed by atoms with van der Waals surface area (Å²) in [5.41, 5.74) is 4.25. The molecule has 0 saturated carbocycles. The Morgan fingerprint density at radius 2 is 1.69 bits per heavy atom. The summed E-state index contributed by atoms with van der Waals surface area (Å²) in [5.74, 6) is 0.604. The van der Waals surface area contributed by atoms with Gasteiger partial charge in [0.15, 0.2) is 15.9 Å². The van der Waals surface area contributed by atoms with E-state index in [0.717, 1.165) is 22.3 Å². The maximum atomic E-state index is 13.3. The van der Waals surface area contributed by atoms with Gasteiger partial charge in [-0.15, -0.1) is 0 Å². The molecule has 2 aromatic rings. The van der Waals surface area contributed by atoms with Crippen molar-refractivity contribution in [2.45, 2.75) is 52.8 Å². The van der Waals surface area contributed by atoms with E-state index in [1.54, 1.807) is 11.8 Å². The monoisotopic (exact) mass is 415 g/mol. The molecule has 0 aliphatic carbocycles. The van der Waals surface area contributed by atoms with Crippen molar-refractivity contribution in [1.29, 1.82) is 0 Å². The zero-order valence-electron chi connectivity index (χ0n) is 17.5. The van der Waals surface area contributed by atoms with Gasteiger partial charge in [-0.2, -0.15) is 0 Å². The van der Waals surface area contributed by atoms with Gasteiger partial charge in [-0.05, 0) is 62.9 Å². The minimum atomic E-state index is -3.10. The van der Waals surface area contributed by atoms with Gasteiger partial charge in [0.05, 0.1) is 11.5 Å². The lowest BCUT2D eigenvalue weighted by Gasteiger charge is -2.31. The fraction of sp³-hybridized carbons (Fsp3) is 0.435. The molecule has 0 spiro atoms. The SMILES string of the molecule is Cc1ccc(CN(C(=O)C(C)Oc2cc(C)cc(C)c2)C2CCS(=O)(=O)C2)cc1. The molecule has 1 saturated heterocycles. The molecule has 0 radical (unpaired) electrons. The number of ether oxygens (including phenoxy) is 1. The van der Waals surface area contributed by atoms with Crippen LogP contribution in [0.1, 0.15) is 35.6 Å². The van der Waals surface area contributed by atoms with Crippen molar-refractivity contribution in [1.82, 2.24) is 4.90 Å². The molecule has 2 aromatic carbocycles. The predicted molar refractivity (Wildman–Crippen MR) is 115 cm³/mol. The normalized spacial score (nSPS) is 19.0. The van der Waals surface area contributed by atoms with Crippen molar-refractivity contribution in [2.24, 2.45) is 0 Å². The van der Waals surface area contributed by atoms with Crippen molar-refractivity contribution >= 4 is 15.7 Å². The van der Waals surface area contributed by atoms with E-state index in [2.05, 4.69) is 0 Å². The molecule has 29 heavy (non-hydrogen) atoms. The van der Waals surface area contributed by atoms with Crippen molar-refractivity contribution in [3.63, 3.8) is 0 Å². The van der Waals surface area contributed by atoms with E-state index in [0.29, 0.717) is 18.7 Å². The molecule has 0 aromatic heterocycles. The molecular weight excluding hydrogens is 386 g/mol. The predicted octanol–water partition coefficient (Wildman–Crippen LogP) is 3.60. The van der Waals surface area contributed by atoms with Crippen LogP contribution in [0.5, 0.6) is 5.75 Å². The van der Waals surface area contributed by atoms with Gasteiger partial charge >= 0.3 is 0 Å². The highest BCUT2D eigenvalue weighted by molar-refractivity contribution is 7.91. The number of carbonyl (C=O) groups is 1. The summed E-state index contributed by atoms with van der Waals surface area (Å²) in [6.45, 7) is 8.08. The van der Waals surface area contributed by atoms with E-state index in [-0.39, 0.29) is 23.5 Å². The second kappa shape index (κ2) is 8.57. The van der Waals surface area contributed by atoms with Crippen LogP contribution in [0.3, 0.4) is 0 Å². The Hall–Kier alpha value is -2.34. The number of carbonyl (C=O) groups excluding carboxylic acids is 1. The van der Waals surface area contributed by atoms with Crippen LogP contribution in [0.4, 0.5) is 0 Å². The van der Waals surface area contributed by atoms with Gasteiger partial charge in [0, 0.05) is 12.6 Å². The zero-order valence-corrected chi connectivity index (χ0v) is 18.3. The van der Waals surface area contributed by atoms with E-state index < -0.39 is 15.9 Å². The number of benzene rings is 2. The fourth-order valence-corrected chi connectivity index (χ4v) is 5.52. The number of sulfone groups is 1. The average molecular weight is 416 g/mol. The molecule has 1 heterocycles. The largest absolute Gasteiger partial charge is 0.481 e. The lowest BCUT2D eigenvalue weighted by Crippen LogP contribution is -2.46. The van der Waals surface area contributed by atoms with E-state index in [1.807, 2.05) is 63.2 Å². The number of nitrogens with zero attached hydrogens (tertiary/aromatic N) is 1. The molecule has 156 valence electrons. The second-order valence-corrected chi connectivity index (χ2v) is 10.3. The lowest BCUT2D eigenvalue weighted by atomic mass is 10.1. The summed E-state index contributed by atoms with van der Waals surface area (Å²) in [7, 11) is -3.10. The molecular formula is C23H29NO4S. The van der Waals surface area contributed by atoms with Gasteiger partial charge in [0.25, 0.3) is 5.91 Å². The van der Waals surface area contributed by atoms with Crippen LogP contribution in [-0.2, 0) is 21.2 Å². The van der Waals surface area contributed by atoms with Crippen LogP contribution >= 0.6 is 0 Å². The Labute approximate surface area is 173 Å². The van der Waals surface area contributed by atoms with Gasteiger partial charge in [0.1, 0.15) is 5.75 Å². The van der Waals surface area contributed by atoms with Crippen LogP contribution in [0.2, 0.25) is 0 Å². The molecule has 2 unspecified atom stereocenters. The van der Waals surface area contributed by atoms with Crippen LogP contribution in [0.15, 0.2) is 42.5 Å². The Bertz CT molecular complexity index is 962. The third kappa shape index (κ3) is 5.60. The molecule has 5 nitrogen and oxygen atoms in total. The Morgan fingerprint density at radius 3 is 2.24 bits per heavy atom. The van der Waals surface area contributed by atoms with Crippen LogP contribution in [0, 0.1) is 20.8 Å². The van der Waals surface area contributed by atoms with Crippen LogP contribution < -0.4 is 4.74 Å². The van der Waals surface area contributed by atoms with Gasteiger partial charge in [-0.1, -0.05) is 35.9 Å². The Morgan fingerprint density at radius 1 is 1.07 bits per heavy atom. The maximum absolute atomic E-state index is 13.3. The highest BCUT2D eigenvalue weighted by Crippen LogP contribution is 2.23. The summed E-state index contributed by atoms with van der Waals surface area (Å²) in [5, 5.41) is 0. The second-order valence-electron chi connectivity index (χ2n) is 8.09. The van der Waals surface area contributed by atoms with Crippen molar-refractivity contribution in [3.8, 4) is 5.75 Å². The van der Waals surface area contributed by atoms with E-state index >= 15 is 0 Å². The molecule has 2 atom stereocenters. The fourth-order valence-electron chi connectivity index (χ4n) is 3.79. The molecule has 1 aliphatic rings. The average Bonchev–Trinajstić information content (AvgIpc) is 2.99. The smallest absolute Gasteiger partial charge is 0.263 e. The summed E-state index contributed by atoms with van der Waals surface area (Å²) in [6.07, 6.45) is -0.235. The number of amides is 1. The zero-order chi connectivity index (χ0) is 21.2. The Balaban J connectivity index is 1.81. The summed E-state index contributed by atoms with van der Waals surface area (Å²) < 4.78 is 30.0. The summed E-state index contributed by atoms with van der Waals surface area (Å²) in [4.78, 5) is 15.0. The first-order chi connectivity index (χ1) is 13.6. The van der Waals surface area contributed by atoms with Crippen molar-refractivity contribution in [2.75, 3.05) is 11.5 Å². The molecule has 1 amide bonds. The van der Waals surface area contributed by atoms with Gasteiger partial charge in [-0.3, -0.25) is 4.79 Å². The van der Waals surface area contributed by atoms with Crippen LogP contribution in [0.25, 0.3) is 0 Å². The molecule has 1 fully saturated rings. The third-order valence-corrected chi connectivity index (χ3v) is 7.01. The number of hydrogen-bond acceptors (Lipinski definition) is 4. The van der Waals surface area contributed by atoms with E-state index in [4.69, 9.17) is 4.74 Å². The quantitative estimate of drug-likeness (QED) is 0.723. The molecule has 6 heteroatoms. The Kier molecular flexibility index (Phi) is 6.32. The lowest BCUT2D eigenvalue weighted by molar-refractivity contribution is -0.140. The molecule has 1 aliphatic heterocycles. The van der Waals surface area contributed by atoms with Gasteiger partial charge < -0.3 is 9.64 Å². The highest BCUT2D eigenvalue weighted by atomic mass is 32.2. The molecule has 0 bridgehead atoms. The summed E-state index contributed by atoms with van der Waals surface area (Å²) >= 11 is 0. The van der Waals surface area contributed by atoms with Crippen molar-refractivity contribution < 1.29 is 17.9 Å². The van der Waals surface area contributed by atoms with E-state index in [1.165, 1.54) is 0 Å². The molecule has 3 rings (SSSR count). The first-order valence-corrected chi connectivity index (χ1v) is 11.8. The topological polar surface area (TPSA) is 63.7 Å². The maximum Gasteiger partial charge on any atom is 0.263 e. The highest BCUT2D eigenvalue weighted by Gasteiger charge is 2.36. The third-order valence-electron chi connectivity index (χ3n) is 5.26. The summed E-state index contributed by atoms with van der Waals surface area (Å²) in [6, 6.07) is 13.5. The standard InChI is InChI=1S/C23H29NO4S/c1-16-5-7-20(8-6-16)14-24(21-9-10-29(26,27)15-21)23(25)19(4)28-22-12-17(2)11-18(3)13-22/h5-8,11-13,19,21H,9-10,14-15H2,1-4H3. The van der Waals surface area contributed by atoms with Crippen LogP contribution in [-0.4, -0.2) is 42.9 Å². The molecule has 0 N–H and O–H groups in total.